The van der Waals surface area contributed by atoms with Crippen LogP contribution < -0.4 is 4.72 Å². The molecule has 0 bridgehead atoms. The normalized spacial score (nSPS) is 25.9. The van der Waals surface area contributed by atoms with Crippen molar-refractivity contribution in [2.75, 3.05) is 5.88 Å². The lowest BCUT2D eigenvalue weighted by Gasteiger charge is -2.30. The van der Waals surface area contributed by atoms with Crippen LogP contribution >= 0.6 is 22.9 Å². The van der Waals surface area contributed by atoms with E-state index < -0.39 is 10.0 Å². The van der Waals surface area contributed by atoms with Gasteiger partial charge in [0.2, 0.25) is 10.0 Å². The van der Waals surface area contributed by atoms with Gasteiger partial charge in [-0.15, -0.1) is 22.9 Å². The van der Waals surface area contributed by atoms with Crippen molar-refractivity contribution in [3.8, 4) is 0 Å². The zero-order valence-electron chi connectivity index (χ0n) is 9.43. The fraction of sp³-hybridized carbons (Fsp3) is 0.636. The van der Waals surface area contributed by atoms with Gasteiger partial charge in [0, 0.05) is 11.9 Å². The van der Waals surface area contributed by atoms with E-state index in [1.807, 2.05) is 0 Å². The predicted molar refractivity (Wildman–Crippen MR) is 71.1 cm³/mol. The van der Waals surface area contributed by atoms with Gasteiger partial charge in [0.1, 0.15) is 4.21 Å². The lowest BCUT2D eigenvalue weighted by molar-refractivity contribution is 0.314. The fourth-order valence-corrected chi connectivity index (χ4v) is 4.94. The third kappa shape index (κ3) is 3.22. The van der Waals surface area contributed by atoms with Gasteiger partial charge in [0.15, 0.2) is 0 Å². The van der Waals surface area contributed by atoms with E-state index in [1.54, 1.807) is 17.5 Å². The highest BCUT2D eigenvalue weighted by Gasteiger charge is 2.29. The Kier molecular flexibility index (Phi) is 4.47. The molecular formula is C11H16ClNO2S2. The Morgan fingerprint density at radius 2 is 2.18 bits per heavy atom. The molecule has 2 atom stereocenters. The van der Waals surface area contributed by atoms with Gasteiger partial charge in [-0.2, -0.15) is 0 Å². The second-order valence-corrected chi connectivity index (χ2v) is 7.56. The number of thiophene rings is 1. The van der Waals surface area contributed by atoms with Crippen molar-refractivity contribution in [1.29, 1.82) is 0 Å². The highest BCUT2D eigenvalue weighted by Crippen LogP contribution is 2.27. The molecule has 0 spiro atoms. The van der Waals surface area contributed by atoms with Crippen molar-refractivity contribution >= 4 is 33.0 Å². The van der Waals surface area contributed by atoms with E-state index in [4.69, 9.17) is 11.6 Å². The van der Waals surface area contributed by atoms with E-state index >= 15 is 0 Å². The first-order valence-corrected chi connectivity index (χ1v) is 8.65. The van der Waals surface area contributed by atoms with Crippen LogP contribution in [0, 0.1) is 5.92 Å². The second kappa shape index (κ2) is 5.69. The Morgan fingerprint density at radius 1 is 1.41 bits per heavy atom. The predicted octanol–water partition coefficient (Wildman–Crippen LogP) is 2.82. The lowest BCUT2D eigenvalue weighted by atomic mass is 9.86. The van der Waals surface area contributed by atoms with E-state index in [9.17, 15) is 8.42 Å². The van der Waals surface area contributed by atoms with Crippen LogP contribution in [0.3, 0.4) is 0 Å². The van der Waals surface area contributed by atoms with Crippen molar-refractivity contribution in [3.63, 3.8) is 0 Å². The zero-order valence-corrected chi connectivity index (χ0v) is 11.8. The number of rotatable bonds is 4. The smallest absolute Gasteiger partial charge is 0.207 e. The van der Waals surface area contributed by atoms with Gasteiger partial charge in [0.25, 0.3) is 0 Å². The molecular weight excluding hydrogens is 278 g/mol. The fourth-order valence-electron chi connectivity index (χ4n) is 2.22. The van der Waals surface area contributed by atoms with Crippen LogP contribution in [0.2, 0.25) is 0 Å². The second-order valence-electron chi connectivity index (χ2n) is 4.36. The summed E-state index contributed by atoms with van der Waals surface area (Å²) in [6.45, 7) is 0. The van der Waals surface area contributed by atoms with Gasteiger partial charge in [-0.1, -0.05) is 18.9 Å². The summed E-state index contributed by atoms with van der Waals surface area (Å²) in [5.74, 6) is 0.789. The molecule has 0 amide bonds. The minimum absolute atomic E-state index is 0.00616. The molecule has 1 fully saturated rings. The van der Waals surface area contributed by atoms with Gasteiger partial charge < -0.3 is 0 Å². The molecule has 17 heavy (non-hydrogen) atoms. The molecule has 1 saturated carbocycles. The summed E-state index contributed by atoms with van der Waals surface area (Å²) in [5.41, 5.74) is 0. The molecule has 0 aromatic carbocycles. The third-order valence-corrected chi connectivity index (χ3v) is 6.46. The zero-order chi connectivity index (χ0) is 12.3. The molecule has 1 aliphatic carbocycles. The van der Waals surface area contributed by atoms with Crippen LogP contribution in [-0.2, 0) is 10.0 Å². The van der Waals surface area contributed by atoms with Crippen LogP contribution in [0.1, 0.15) is 25.7 Å². The van der Waals surface area contributed by atoms with Crippen LogP contribution in [0.25, 0.3) is 0 Å². The summed E-state index contributed by atoms with van der Waals surface area (Å²) >= 11 is 7.14. The largest absolute Gasteiger partial charge is 0.250 e. The molecule has 1 heterocycles. The molecule has 1 aromatic heterocycles. The number of alkyl halides is 1. The number of nitrogens with one attached hydrogen (secondary N) is 1. The summed E-state index contributed by atoms with van der Waals surface area (Å²) < 4.78 is 27.3. The molecule has 0 aliphatic heterocycles. The molecule has 3 nitrogen and oxygen atoms in total. The minimum Gasteiger partial charge on any atom is -0.207 e. The van der Waals surface area contributed by atoms with E-state index in [1.165, 1.54) is 11.3 Å². The standard InChI is InChI=1S/C11H16ClNO2S2/c12-8-9-4-1-2-5-10(9)13-17(14,15)11-6-3-7-16-11/h3,6-7,9-10,13H,1-2,4-5,8H2. The van der Waals surface area contributed by atoms with Gasteiger partial charge in [0.05, 0.1) is 0 Å². The molecule has 1 aromatic rings. The number of sulfonamides is 1. The maximum atomic E-state index is 12.1. The van der Waals surface area contributed by atoms with E-state index in [2.05, 4.69) is 4.72 Å². The molecule has 2 rings (SSSR count). The minimum atomic E-state index is -3.35. The van der Waals surface area contributed by atoms with Gasteiger partial charge >= 0.3 is 0 Å². The van der Waals surface area contributed by atoms with E-state index in [-0.39, 0.29) is 12.0 Å². The number of halogens is 1. The highest BCUT2D eigenvalue weighted by atomic mass is 35.5. The van der Waals surface area contributed by atoms with Crippen LogP contribution in [0.5, 0.6) is 0 Å². The topological polar surface area (TPSA) is 46.2 Å². The molecule has 6 heteroatoms. The maximum Gasteiger partial charge on any atom is 0.250 e. The van der Waals surface area contributed by atoms with Crippen LogP contribution in [-0.4, -0.2) is 20.3 Å². The van der Waals surface area contributed by atoms with Crippen LogP contribution in [0.4, 0.5) is 0 Å². The third-order valence-electron chi connectivity index (χ3n) is 3.17. The summed E-state index contributed by atoms with van der Waals surface area (Å²) in [4.78, 5) is 0. The number of hydrogen-bond donors (Lipinski definition) is 1. The van der Waals surface area contributed by atoms with Crippen LogP contribution in [0.15, 0.2) is 21.7 Å². The summed E-state index contributed by atoms with van der Waals surface area (Å²) in [7, 11) is -3.35. The van der Waals surface area contributed by atoms with Crippen molar-refractivity contribution in [3.05, 3.63) is 17.5 Å². The molecule has 0 saturated heterocycles. The molecule has 2 unspecified atom stereocenters. The number of hydrogen-bond acceptors (Lipinski definition) is 3. The molecule has 1 N–H and O–H groups in total. The Morgan fingerprint density at radius 3 is 2.82 bits per heavy atom. The first-order chi connectivity index (χ1) is 8.13. The first-order valence-electron chi connectivity index (χ1n) is 5.75. The van der Waals surface area contributed by atoms with Crippen molar-refractivity contribution in [2.45, 2.75) is 35.9 Å². The SMILES string of the molecule is O=S(=O)(NC1CCCCC1CCl)c1cccs1. The summed E-state index contributed by atoms with van der Waals surface area (Å²) in [6, 6.07) is 3.37. The Hall–Kier alpha value is -0.100. The molecule has 0 radical (unpaired) electrons. The first kappa shape index (κ1) is 13.3. The van der Waals surface area contributed by atoms with E-state index in [0.29, 0.717) is 10.1 Å². The van der Waals surface area contributed by atoms with Crippen molar-refractivity contribution in [1.82, 2.24) is 4.72 Å². The monoisotopic (exact) mass is 293 g/mol. The van der Waals surface area contributed by atoms with Crippen molar-refractivity contribution in [2.24, 2.45) is 5.92 Å². The lowest BCUT2D eigenvalue weighted by Crippen LogP contribution is -2.42. The Balaban J connectivity index is 2.09. The Bertz CT molecular complexity index is 444. The van der Waals surface area contributed by atoms with Gasteiger partial charge in [-0.25, -0.2) is 13.1 Å². The van der Waals surface area contributed by atoms with Crippen molar-refractivity contribution < 1.29 is 8.42 Å². The quantitative estimate of drug-likeness (QED) is 0.868. The highest BCUT2D eigenvalue weighted by molar-refractivity contribution is 7.91. The molecule has 1 aliphatic rings. The van der Waals surface area contributed by atoms with Gasteiger partial charge in [-0.05, 0) is 30.2 Å². The summed E-state index contributed by atoms with van der Waals surface area (Å²) in [5, 5.41) is 1.77. The molecule has 96 valence electrons. The van der Waals surface area contributed by atoms with Gasteiger partial charge in [-0.3, -0.25) is 0 Å². The summed E-state index contributed by atoms with van der Waals surface area (Å²) in [6.07, 6.45) is 4.13. The Labute approximate surface area is 111 Å². The average molecular weight is 294 g/mol. The maximum absolute atomic E-state index is 12.1. The van der Waals surface area contributed by atoms with E-state index in [0.717, 1.165) is 25.7 Å². The average Bonchev–Trinajstić information content (AvgIpc) is 2.83.